The molecular weight excluding hydrogens is 382 g/mol. The van der Waals surface area contributed by atoms with E-state index in [1.807, 2.05) is 24.6 Å². The number of likely N-dealkylation sites (N-methyl/N-ethyl adjacent to an activating group) is 1. The summed E-state index contributed by atoms with van der Waals surface area (Å²) >= 11 is 3.56. The van der Waals surface area contributed by atoms with E-state index in [4.69, 9.17) is 10.7 Å². The van der Waals surface area contributed by atoms with Gasteiger partial charge in [0, 0.05) is 41.2 Å². The van der Waals surface area contributed by atoms with Gasteiger partial charge in [0.05, 0.1) is 0 Å². The summed E-state index contributed by atoms with van der Waals surface area (Å²) in [6.45, 7) is 0. The minimum absolute atomic E-state index is 0.0191. The second kappa shape index (κ2) is 4.78. The van der Waals surface area contributed by atoms with Crippen LogP contribution in [-0.4, -0.2) is 36.2 Å². The van der Waals surface area contributed by atoms with Crippen molar-refractivity contribution in [1.82, 2.24) is 4.90 Å². The lowest BCUT2D eigenvalue weighted by molar-refractivity contribution is -0.135. The van der Waals surface area contributed by atoms with Gasteiger partial charge in [-0.15, -0.1) is 0 Å². The van der Waals surface area contributed by atoms with Gasteiger partial charge in [-0.3, -0.25) is 9.69 Å². The van der Waals surface area contributed by atoms with Crippen molar-refractivity contribution in [2.75, 3.05) is 7.05 Å². The van der Waals surface area contributed by atoms with E-state index in [9.17, 15) is 4.79 Å². The summed E-state index contributed by atoms with van der Waals surface area (Å²) < 4.78 is 0.956. The lowest BCUT2D eigenvalue weighted by atomic mass is 9.68. The van der Waals surface area contributed by atoms with Gasteiger partial charge >= 0.3 is 0 Å². The Labute approximate surface area is 154 Å². The summed E-state index contributed by atoms with van der Waals surface area (Å²) in [6, 6.07) is 6.19. The number of halogens is 1. The van der Waals surface area contributed by atoms with Crippen molar-refractivity contribution in [2.24, 2.45) is 38.2 Å². The van der Waals surface area contributed by atoms with E-state index in [0.29, 0.717) is 17.8 Å². The second-order valence-electron chi connectivity index (χ2n) is 7.57. The summed E-state index contributed by atoms with van der Waals surface area (Å²) in [4.78, 5) is 19.7. The fourth-order valence-corrected chi connectivity index (χ4v) is 5.64. The number of carbonyl (C=O) groups excluding carboxylic acids is 1. The molecule has 0 bridgehead atoms. The SMILES string of the molecule is CN1C(=O)C2(N=C1N)c1cc(Br)ccc1CC21CC2C=NN=CC2C1. The molecule has 1 aromatic carbocycles. The molecule has 25 heavy (non-hydrogen) atoms. The summed E-state index contributed by atoms with van der Waals surface area (Å²) in [5.41, 5.74) is 7.09. The third-order valence-corrected chi connectivity index (χ3v) is 6.88. The van der Waals surface area contributed by atoms with E-state index in [1.165, 1.54) is 10.5 Å². The minimum atomic E-state index is -0.927. The molecule has 2 heterocycles. The molecule has 3 atom stereocenters. The number of rotatable bonds is 0. The van der Waals surface area contributed by atoms with Crippen LogP contribution in [0.2, 0.25) is 0 Å². The number of hydrogen-bond donors (Lipinski definition) is 1. The first-order valence-corrected chi connectivity index (χ1v) is 9.25. The van der Waals surface area contributed by atoms with Crippen molar-refractivity contribution in [2.45, 2.75) is 24.8 Å². The monoisotopic (exact) mass is 399 g/mol. The highest BCUT2D eigenvalue weighted by atomic mass is 79.9. The molecule has 1 aromatic rings. The number of benzene rings is 1. The van der Waals surface area contributed by atoms with Crippen LogP contribution in [-0.2, 0) is 16.8 Å². The Bertz CT molecular complexity index is 871. The maximum atomic E-state index is 13.4. The second-order valence-corrected chi connectivity index (χ2v) is 8.48. The van der Waals surface area contributed by atoms with Crippen molar-refractivity contribution < 1.29 is 4.79 Å². The van der Waals surface area contributed by atoms with Gasteiger partial charge in [0.25, 0.3) is 5.91 Å². The first-order valence-electron chi connectivity index (χ1n) is 8.46. The van der Waals surface area contributed by atoms with Crippen LogP contribution in [0.15, 0.2) is 37.9 Å². The van der Waals surface area contributed by atoms with Crippen LogP contribution in [0.3, 0.4) is 0 Å². The molecule has 1 fully saturated rings. The summed E-state index contributed by atoms with van der Waals surface area (Å²) in [7, 11) is 1.71. The Morgan fingerprint density at radius 3 is 2.52 bits per heavy atom. The molecule has 4 aliphatic rings. The highest BCUT2D eigenvalue weighted by Crippen LogP contribution is 2.64. The molecule has 0 saturated heterocycles. The molecular formula is C18H18BrN5O. The normalized spacial score (nSPS) is 37.9. The quantitative estimate of drug-likeness (QED) is 0.723. The van der Waals surface area contributed by atoms with Crippen molar-refractivity contribution >= 4 is 40.2 Å². The Balaban J connectivity index is 1.75. The van der Waals surface area contributed by atoms with Crippen molar-refractivity contribution in [3.63, 3.8) is 0 Å². The smallest absolute Gasteiger partial charge is 0.262 e. The van der Waals surface area contributed by atoms with Crippen LogP contribution in [0.4, 0.5) is 0 Å². The lowest BCUT2D eigenvalue weighted by Gasteiger charge is -2.37. The van der Waals surface area contributed by atoms with E-state index in [-0.39, 0.29) is 11.3 Å². The van der Waals surface area contributed by atoms with Gasteiger partial charge < -0.3 is 5.73 Å². The van der Waals surface area contributed by atoms with E-state index in [1.54, 1.807) is 7.05 Å². The standard InChI is InChI=1S/C18H18BrN5O/c1-24-15(25)18(23-16(24)20)14-4-13(19)3-2-10(14)5-17(18)6-11-8-21-22-9-12(11)7-17/h2-4,8-9,11-12H,5-7H2,1H3,(H2,20,23). The van der Waals surface area contributed by atoms with Crippen LogP contribution in [0.5, 0.6) is 0 Å². The van der Waals surface area contributed by atoms with Gasteiger partial charge in [0.1, 0.15) is 0 Å². The van der Waals surface area contributed by atoms with Crippen LogP contribution in [0.25, 0.3) is 0 Å². The number of nitrogens with two attached hydrogens (primary N) is 1. The third kappa shape index (κ3) is 1.74. The van der Waals surface area contributed by atoms with Crippen molar-refractivity contribution in [1.29, 1.82) is 0 Å². The molecule has 0 radical (unpaired) electrons. The average Bonchev–Trinajstić information content (AvgIpc) is 3.17. The Kier molecular flexibility index (Phi) is 2.92. The topological polar surface area (TPSA) is 83.4 Å². The number of hydrogen-bond acceptors (Lipinski definition) is 5. The number of guanidine groups is 1. The highest BCUT2D eigenvalue weighted by Gasteiger charge is 2.68. The van der Waals surface area contributed by atoms with Crippen LogP contribution in [0, 0.1) is 17.3 Å². The number of aliphatic imine (C=N–C) groups is 1. The predicted molar refractivity (Wildman–Crippen MR) is 99.5 cm³/mol. The van der Waals surface area contributed by atoms with E-state index >= 15 is 0 Å². The lowest BCUT2D eigenvalue weighted by Crippen LogP contribution is -2.48. The molecule has 2 spiro atoms. The first kappa shape index (κ1) is 15.3. The summed E-state index contributed by atoms with van der Waals surface area (Å²) in [6.07, 6.45) is 6.44. The molecule has 128 valence electrons. The Morgan fingerprint density at radius 1 is 1.24 bits per heavy atom. The zero-order chi connectivity index (χ0) is 17.4. The minimum Gasteiger partial charge on any atom is -0.369 e. The molecule has 2 N–H and O–H groups in total. The maximum Gasteiger partial charge on any atom is 0.262 e. The molecule has 0 aromatic heterocycles. The molecule has 2 aliphatic heterocycles. The van der Waals surface area contributed by atoms with Crippen molar-refractivity contribution in [3.05, 3.63) is 33.8 Å². The third-order valence-electron chi connectivity index (χ3n) is 6.38. The van der Waals surface area contributed by atoms with E-state index in [2.05, 4.69) is 32.2 Å². The van der Waals surface area contributed by atoms with Gasteiger partial charge in [0.15, 0.2) is 11.5 Å². The number of fused-ring (bicyclic) bond motifs is 4. The van der Waals surface area contributed by atoms with Crippen LogP contribution in [0.1, 0.15) is 24.0 Å². The van der Waals surface area contributed by atoms with E-state index in [0.717, 1.165) is 29.3 Å². The molecule has 6 nitrogen and oxygen atoms in total. The predicted octanol–water partition coefficient (Wildman–Crippen LogP) is 2.07. The zero-order valence-electron chi connectivity index (χ0n) is 13.8. The van der Waals surface area contributed by atoms with Gasteiger partial charge in [-0.1, -0.05) is 22.0 Å². The zero-order valence-corrected chi connectivity index (χ0v) is 15.4. The molecule has 5 rings (SSSR count). The largest absolute Gasteiger partial charge is 0.369 e. The fraction of sp³-hybridized carbons (Fsp3) is 0.444. The van der Waals surface area contributed by atoms with Gasteiger partial charge in [-0.25, -0.2) is 4.99 Å². The molecule has 2 aliphatic carbocycles. The first-order chi connectivity index (χ1) is 12.0. The van der Waals surface area contributed by atoms with Crippen molar-refractivity contribution in [3.8, 4) is 0 Å². The molecule has 1 saturated carbocycles. The van der Waals surface area contributed by atoms with Gasteiger partial charge in [-0.2, -0.15) is 10.2 Å². The highest BCUT2D eigenvalue weighted by molar-refractivity contribution is 9.10. The number of amides is 1. The molecule has 3 unspecified atom stereocenters. The van der Waals surface area contributed by atoms with Gasteiger partial charge in [-0.05, 0) is 42.5 Å². The Morgan fingerprint density at radius 2 is 1.92 bits per heavy atom. The average molecular weight is 400 g/mol. The number of nitrogens with zero attached hydrogens (tertiary/aromatic N) is 4. The van der Waals surface area contributed by atoms with Crippen LogP contribution < -0.4 is 5.73 Å². The molecule has 7 heteroatoms. The van der Waals surface area contributed by atoms with Crippen LogP contribution >= 0.6 is 15.9 Å². The Hall–Kier alpha value is -2.02. The maximum absolute atomic E-state index is 13.4. The summed E-state index contributed by atoms with van der Waals surface area (Å²) in [5, 5.41) is 8.17. The fourth-order valence-electron chi connectivity index (χ4n) is 5.28. The summed E-state index contributed by atoms with van der Waals surface area (Å²) in [5.74, 6) is 0.897. The number of carbonyl (C=O) groups is 1. The van der Waals surface area contributed by atoms with Gasteiger partial charge in [0.2, 0.25) is 0 Å². The molecule has 1 amide bonds. The van der Waals surface area contributed by atoms with E-state index < -0.39 is 5.54 Å².